The van der Waals surface area contributed by atoms with E-state index in [0.29, 0.717) is 10.0 Å². The van der Waals surface area contributed by atoms with Gasteiger partial charge in [0.2, 0.25) is 0 Å². The van der Waals surface area contributed by atoms with E-state index in [9.17, 15) is 15.2 Å². The molecule has 1 aromatic rings. The highest BCUT2D eigenvalue weighted by molar-refractivity contribution is 9.10. The topological polar surface area (TPSA) is 78.6 Å². The summed E-state index contributed by atoms with van der Waals surface area (Å²) in [5.41, 5.74) is 0.208. The van der Waals surface area contributed by atoms with E-state index in [1.807, 2.05) is 0 Å². The van der Waals surface area contributed by atoms with Crippen molar-refractivity contribution < 1.29 is 10.0 Å². The first-order valence-corrected chi connectivity index (χ1v) is 7.08. The zero-order valence-corrected chi connectivity index (χ0v) is 14.9. The van der Waals surface area contributed by atoms with Crippen LogP contribution in [0.3, 0.4) is 0 Å². The Labute approximate surface area is 149 Å². The van der Waals surface area contributed by atoms with Gasteiger partial charge < -0.3 is 10.4 Å². The smallest absolute Gasteiger partial charge is 0.312 e. The van der Waals surface area contributed by atoms with Gasteiger partial charge in [0.05, 0.1) is 11.0 Å². The van der Waals surface area contributed by atoms with E-state index in [0.717, 1.165) is 26.2 Å². The fourth-order valence-corrected chi connectivity index (χ4v) is 2.87. The van der Waals surface area contributed by atoms with Crippen LogP contribution in [0.5, 0.6) is 5.75 Å². The standard InChI is InChI=1S/C13H16BrN3O3.2ClH/c1-2-11(16-5-3-15-4-6-16)10-7-9(14)8-12(13(10)18)17(19)20;;/h2,7-8,11,15,18H,1,3-6H2;2*1H/t11-;;/m0../s1. The fraction of sp³-hybridized carbons (Fsp3) is 0.385. The molecule has 2 N–H and O–H groups in total. The number of phenolic OH excluding ortho intramolecular Hbond substituents is 1. The van der Waals surface area contributed by atoms with Crippen LogP contribution in [0.2, 0.25) is 0 Å². The second-order valence-corrected chi connectivity index (χ2v) is 5.50. The van der Waals surface area contributed by atoms with Crippen LogP contribution in [-0.4, -0.2) is 41.1 Å². The third-order valence-corrected chi connectivity index (χ3v) is 3.83. The molecule has 0 radical (unpaired) electrons. The van der Waals surface area contributed by atoms with Crippen molar-refractivity contribution in [2.45, 2.75) is 6.04 Å². The number of nitro groups is 1. The van der Waals surface area contributed by atoms with Crippen molar-refractivity contribution in [3.05, 3.63) is 44.9 Å². The molecule has 124 valence electrons. The van der Waals surface area contributed by atoms with Gasteiger partial charge in [-0.25, -0.2) is 0 Å². The summed E-state index contributed by atoms with van der Waals surface area (Å²) in [5, 5.41) is 24.4. The SMILES string of the molecule is C=C[C@@H](c1cc(Br)cc([N+](=O)[O-])c1O)N1CCNCC1.Cl.Cl. The second-order valence-electron chi connectivity index (χ2n) is 4.59. The first-order valence-electron chi connectivity index (χ1n) is 6.28. The number of aromatic hydroxyl groups is 1. The van der Waals surface area contributed by atoms with Gasteiger partial charge >= 0.3 is 5.69 Å². The maximum absolute atomic E-state index is 11.0. The van der Waals surface area contributed by atoms with Gasteiger partial charge in [0.1, 0.15) is 0 Å². The molecule has 0 bridgehead atoms. The molecule has 1 saturated heterocycles. The summed E-state index contributed by atoms with van der Waals surface area (Å²) in [6.45, 7) is 7.10. The number of nitrogens with one attached hydrogen (secondary N) is 1. The quantitative estimate of drug-likeness (QED) is 0.449. The molecular formula is C13H18BrCl2N3O3. The number of benzene rings is 1. The summed E-state index contributed by atoms with van der Waals surface area (Å²) in [6, 6.07) is 2.77. The van der Waals surface area contributed by atoms with Crippen molar-refractivity contribution >= 4 is 46.4 Å². The third kappa shape index (κ3) is 4.57. The lowest BCUT2D eigenvalue weighted by molar-refractivity contribution is -0.386. The van der Waals surface area contributed by atoms with E-state index in [-0.39, 0.29) is 42.3 Å². The van der Waals surface area contributed by atoms with Gasteiger partial charge in [-0.3, -0.25) is 15.0 Å². The Morgan fingerprint density at radius 3 is 2.50 bits per heavy atom. The Morgan fingerprint density at radius 2 is 2.00 bits per heavy atom. The van der Waals surface area contributed by atoms with Crippen molar-refractivity contribution in [2.75, 3.05) is 26.2 Å². The molecule has 1 atom stereocenters. The summed E-state index contributed by atoms with van der Waals surface area (Å²) in [6.07, 6.45) is 1.70. The molecule has 1 aliphatic heterocycles. The number of halogens is 3. The summed E-state index contributed by atoms with van der Waals surface area (Å²) in [4.78, 5) is 12.5. The Hall–Kier alpha value is -0.860. The van der Waals surface area contributed by atoms with Crippen LogP contribution < -0.4 is 5.32 Å². The van der Waals surface area contributed by atoms with Crippen molar-refractivity contribution in [2.24, 2.45) is 0 Å². The molecule has 0 spiro atoms. The van der Waals surface area contributed by atoms with Gasteiger partial charge in [0.25, 0.3) is 0 Å². The van der Waals surface area contributed by atoms with Gasteiger partial charge in [-0.05, 0) is 6.07 Å². The highest BCUT2D eigenvalue weighted by Crippen LogP contribution is 2.39. The van der Waals surface area contributed by atoms with Gasteiger partial charge in [0.15, 0.2) is 5.75 Å². The van der Waals surface area contributed by atoms with Crippen molar-refractivity contribution in [1.82, 2.24) is 10.2 Å². The Balaban J connectivity index is 0.00000220. The molecule has 22 heavy (non-hydrogen) atoms. The Kier molecular flexibility index (Phi) is 8.95. The first kappa shape index (κ1) is 21.1. The number of hydrogen-bond donors (Lipinski definition) is 2. The van der Waals surface area contributed by atoms with Crippen LogP contribution in [0.15, 0.2) is 29.3 Å². The van der Waals surface area contributed by atoms with Gasteiger partial charge in [-0.1, -0.05) is 22.0 Å². The van der Waals surface area contributed by atoms with Crippen molar-refractivity contribution in [3.8, 4) is 5.75 Å². The van der Waals surface area contributed by atoms with Crippen LogP contribution in [0.1, 0.15) is 11.6 Å². The molecule has 0 saturated carbocycles. The lowest BCUT2D eigenvalue weighted by atomic mass is 10.0. The zero-order valence-electron chi connectivity index (χ0n) is 11.7. The van der Waals surface area contributed by atoms with E-state index in [1.165, 1.54) is 6.07 Å². The Bertz CT molecular complexity index is 540. The van der Waals surface area contributed by atoms with E-state index in [1.54, 1.807) is 12.1 Å². The number of nitro benzene ring substituents is 1. The molecular weight excluding hydrogens is 397 g/mol. The van der Waals surface area contributed by atoms with Gasteiger partial charge in [-0.2, -0.15) is 0 Å². The largest absolute Gasteiger partial charge is 0.502 e. The summed E-state index contributed by atoms with van der Waals surface area (Å²) in [7, 11) is 0. The number of piperazine rings is 1. The lowest BCUT2D eigenvalue weighted by Crippen LogP contribution is -2.44. The van der Waals surface area contributed by atoms with E-state index < -0.39 is 4.92 Å². The van der Waals surface area contributed by atoms with Crippen molar-refractivity contribution in [1.29, 1.82) is 0 Å². The van der Waals surface area contributed by atoms with Crippen LogP contribution in [-0.2, 0) is 0 Å². The number of nitrogens with zero attached hydrogens (tertiary/aromatic N) is 2. The normalized spacial score (nSPS) is 16.0. The van der Waals surface area contributed by atoms with Gasteiger partial charge in [0, 0.05) is 42.3 Å². The molecule has 1 aliphatic rings. The Morgan fingerprint density at radius 1 is 1.41 bits per heavy atom. The summed E-state index contributed by atoms with van der Waals surface area (Å²) >= 11 is 3.26. The van der Waals surface area contributed by atoms with E-state index >= 15 is 0 Å². The minimum absolute atomic E-state index is 0. The molecule has 0 unspecified atom stereocenters. The van der Waals surface area contributed by atoms with Crippen LogP contribution >= 0.6 is 40.7 Å². The molecule has 6 nitrogen and oxygen atoms in total. The molecule has 1 fully saturated rings. The first-order chi connectivity index (χ1) is 9.54. The predicted molar refractivity (Wildman–Crippen MR) is 94.3 cm³/mol. The van der Waals surface area contributed by atoms with Crippen LogP contribution in [0.25, 0.3) is 0 Å². The number of rotatable bonds is 4. The third-order valence-electron chi connectivity index (χ3n) is 3.37. The highest BCUT2D eigenvalue weighted by atomic mass is 79.9. The lowest BCUT2D eigenvalue weighted by Gasteiger charge is -2.33. The van der Waals surface area contributed by atoms with E-state index in [2.05, 4.69) is 32.7 Å². The maximum Gasteiger partial charge on any atom is 0.312 e. The maximum atomic E-state index is 11.0. The van der Waals surface area contributed by atoms with Crippen LogP contribution in [0, 0.1) is 10.1 Å². The molecule has 1 heterocycles. The predicted octanol–water partition coefficient (Wildman–Crippen LogP) is 3.04. The monoisotopic (exact) mass is 413 g/mol. The molecule has 0 aromatic heterocycles. The fourth-order valence-electron chi connectivity index (χ4n) is 2.40. The number of phenols is 1. The van der Waals surface area contributed by atoms with Crippen LogP contribution in [0.4, 0.5) is 5.69 Å². The summed E-state index contributed by atoms with van der Waals surface area (Å²) in [5.74, 6) is -0.290. The average molecular weight is 415 g/mol. The summed E-state index contributed by atoms with van der Waals surface area (Å²) < 4.78 is 0.569. The molecule has 1 aromatic carbocycles. The minimum Gasteiger partial charge on any atom is -0.502 e. The zero-order chi connectivity index (χ0) is 14.7. The molecule has 2 rings (SSSR count). The highest BCUT2D eigenvalue weighted by Gasteiger charge is 2.27. The minimum atomic E-state index is -0.582. The molecule has 9 heteroatoms. The molecule has 0 amide bonds. The number of hydrogen-bond acceptors (Lipinski definition) is 5. The molecule has 0 aliphatic carbocycles. The second kappa shape index (κ2) is 9.32. The van der Waals surface area contributed by atoms with Crippen molar-refractivity contribution in [3.63, 3.8) is 0 Å². The van der Waals surface area contributed by atoms with E-state index in [4.69, 9.17) is 0 Å². The average Bonchev–Trinajstić information content (AvgIpc) is 2.44. The van der Waals surface area contributed by atoms with Gasteiger partial charge in [-0.15, -0.1) is 31.4 Å².